The summed E-state index contributed by atoms with van der Waals surface area (Å²) in [6.07, 6.45) is 2.20. The molecule has 29 heavy (non-hydrogen) atoms. The van der Waals surface area contributed by atoms with Gasteiger partial charge in [-0.1, -0.05) is 6.07 Å². The van der Waals surface area contributed by atoms with E-state index in [1.807, 2.05) is 0 Å². The summed E-state index contributed by atoms with van der Waals surface area (Å²) in [7, 11) is -3.54. The number of hydrogen-bond acceptors (Lipinski definition) is 5. The third-order valence-electron chi connectivity index (χ3n) is 5.04. The van der Waals surface area contributed by atoms with E-state index in [9.17, 15) is 22.7 Å². The van der Waals surface area contributed by atoms with Crippen LogP contribution in [-0.2, 0) is 10.0 Å². The number of halogens is 1. The lowest BCUT2D eigenvalue weighted by atomic mass is 10.1. The van der Waals surface area contributed by atoms with Gasteiger partial charge in [0.1, 0.15) is 6.23 Å². The van der Waals surface area contributed by atoms with Crippen molar-refractivity contribution in [1.82, 2.24) is 14.9 Å². The summed E-state index contributed by atoms with van der Waals surface area (Å²) in [5.41, 5.74) is 0.628. The van der Waals surface area contributed by atoms with Gasteiger partial charge >= 0.3 is 6.03 Å². The molecule has 2 amide bonds. The van der Waals surface area contributed by atoms with E-state index in [4.69, 9.17) is 4.74 Å². The van der Waals surface area contributed by atoms with Crippen LogP contribution >= 0.6 is 0 Å². The van der Waals surface area contributed by atoms with Crippen LogP contribution in [0.3, 0.4) is 0 Å². The Morgan fingerprint density at radius 1 is 1.38 bits per heavy atom. The topological polar surface area (TPSA) is 108 Å². The number of amides is 2. The van der Waals surface area contributed by atoms with Gasteiger partial charge in [-0.05, 0) is 56.2 Å². The number of unbranched alkanes of at least 4 members (excludes halogenated alkanes) is 1. The zero-order valence-electron chi connectivity index (χ0n) is 16.4. The molecular formula is C19H28FN3O5S. The number of sulfonamides is 1. The molecule has 162 valence electrons. The summed E-state index contributed by atoms with van der Waals surface area (Å²) in [6.45, 7) is 2.77. The Balaban J connectivity index is 1.46. The van der Waals surface area contributed by atoms with Crippen LogP contribution in [0.5, 0.6) is 5.75 Å². The quantitative estimate of drug-likeness (QED) is 0.464. The number of carbonyl (C=O) groups is 1. The molecule has 1 aromatic carbocycles. The number of aliphatic hydroxyl groups is 1. The van der Waals surface area contributed by atoms with Crippen molar-refractivity contribution in [1.29, 1.82) is 0 Å². The Morgan fingerprint density at radius 3 is 2.79 bits per heavy atom. The molecule has 0 radical (unpaired) electrons. The highest BCUT2D eigenvalue weighted by atomic mass is 32.2. The largest absolute Gasteiger partial charge is 0.490 e. The molecule has 1 saturated carbocycles. The average molecular weight is 430 g/mol. The normalized spacial score (nSPS) is 20.6. The van der Waals surface area contributed by atoms with E-state index in [-0.39, 0.29) is 24.1 Å². The molecule has 0 spiro atoms. The second-order valence-corrected chi connectivity index (χ2v) is 9.59. The zero-order valence-corrected chi connectivity index (χ0v) is 17.3. The fourth-order valence-corrected chi connectivity index (χ4v) is 4.52. The number of β-amino-alcohol motifs (C(OH)–C–C–N with tert-alkyl or cyclic N) is 1. The third kappa shape index (κ3) is 6.55. The molecular weight excluding hydrogens is 401 g/mol. The molecule has 3 N–H and O–H groups in total. The van der Waals surface area contributed by atoms with Crippen molar-refractivity contribution in [3.63, 3.8) is 0 Å². The van der Waals surface area contributed by atoms with Gasteiger partial charge in [0, 0.05) is 12.6 Å². The summed E-state index contributed by atoms with van der Waals surface area (Å²) >= 11 is 0. The number of hydrogen-bond donors (Lipinski definition) is 3. The van der Waals surface area contributed by atoms with Crippen molar-refractivity contribution in [2.45, 2.75) is 44.9 Å². The summed E-state index contributed by atoms with van der Waals surface area (Å²) < 4.78 is 46.7. The van der Waals surface area contributed by atoms with Crippen molar-refractivity contribution in [2.75, 3.05) is 25.4 Å². The molecule has 0 aromatic heterocycles. The molecule has 3 rings (SSSR count). The summed E-state index contributed by atoms with van der Waals surface area (Å²) in [5, 5.41) is 11.7. The lowest BCUT2D eigenvalue weighted by Gasteiger charge is -2.17. The van der Waals surface area contributed by atoms with Crippen LogP contribution in [0.1, 0.15) is 44.2 Å². The minimum Gasteiger partial charge on any atom is -0.490 e. The number of carbonyl (C=O) groups excluding carboxylic acids is 1. The molecule has 2 atom stereocenters. The van der Waals surface area contributed by atoms with Crippen LogP contribution in [0, 0.1) is 11.7 Å². The van der Waals surface area contributed by atoms with Gasteiger partial charge in [0.25, 0.3) is 0 Å². The maximum Gasteiger partial charge on any atom is 0.319 e. The molecule has 1 aliphatic carbocycles. The SMILES string of the molecule is C[C@@H](NS(=O)(=O)CCCCN1CC(O)NC1=O)c1ccc(F)c(OCC2CC2)c1. The lowest BCUT2D eigenvalue weighted by molar-refractivity contribution is 0.160. The maximum atomic E-state index is 13.9. The van der Waals surface area contributed by atoms with Gasteiger partial charge in [0.2, 0.25) is 10.0 Å². The summed E-state index contributed by atoms with van der Waals surface area (Å²) in [5.74, 6) is 0.0950. The molecule has 2 aliphatic rings. The number of benzene rings is 1. The van der Waals surface area contributed by atoms with Gasteiger partial charge in [0.15, 0.2) is 11.6 Å². The van der Waals surface area contributed by atoms with Crippen molar-refractivity contribution in [2.24, 2.45) is 5.92 Å². The van der Waals surface area contributed by atoms with E-state index in [2.05, 4.69) is 10.0 Å². The molecule has 1 heterocycles. The smallest absolute Gasteiger partial charge is 0.319 e. The number of nitrogens with one attached hydrogen (secondary N) is 2. The van der Waals surface area contributed by atoms with Crippen molar-refractivity contribution >= 4 is 16.1 Å². The van der Waals surface area contributed by atoms with E-state index < -0.39 is 28.1 Å². The van der Waals surface area contributed by atoms with E-state index in [1.165, 1.54) is 11.0 Å². The van der Waals surface area contributed by atoms with Gasteiger partial charge in [0.05, 0.1) is 18.9 Å². The van der Waals surface area contributed by atoms with Crippen LogP contribution in [0.4, 0.5) is 9.18 Å². The van der Waals surface area contributed by atoms with E-state index >= 15 is 0 Å². The predicted octanol–water partition coefficient (Wildman–Crippen LogP) is 1.72. The maximum absolute atomic E-state index is 13.9. The molecule has 0 bridgehead atoms. The van der Waals surface area contributed by atoms with E-state index in [0.29, 0.717) is 37.5 Å². The van der Waals surface area contributed by atoms with Crippen LogP contribution < -0.4 is 14.8 Å². The Hall–Kier alpha value is -1.91. The Morgan fingerprint density at radius 2 is 2.14 bits per heavy atom. The number of urea groups is 1. The first kappa shape index (κ1) is 21.8. The minimum atomic E-state index is -3.54. The molecule has 1 aliphatic heterocycles. The molecule has 1 unspecified atom stereocenters. The molecule has 10 heteroatoms. The number of nitrogens with zero attached hydrogens (tertiary/aromatic N) is 1. The first-order chi connectivity index (χ1) is 13.7. The van der Waals surface area contributed by atoms with Gasteiger partial charge in [-0.15, -0.1) is 0 Å². The van der Waals surface area contributed by atoms with Gasteiger partial charge < -0.3 is 20.1 Å². The standard InChI is InChI=1S/C19H28FN3O5S/c1-13(15-6-7-16(20)17(10-15)28-12-14-4-5-14)22-29(26,27)9-3-2-8-23-11-18(24)21-19(23)25/h6-7,10,13-14,18,22,24H,2-5,8-9,11-12H2,1H3,(H,21,25)/t13-,18?/m1/s1. The van der Waals surface area contributed by atoms with Crippen molar-refractivity contribution in [3.05, 3.63) is 29.6 Å². The van der Waals surface area contributed by atoms with Crippen molar-refractivity contribution in [3.8, 4) is 5.75 Å². The first-order valence-corrected chi connectivity index (χ1v) is 11.5. The fourth-order valence-electron chi connectivity index (χ4n) is 3.15. The Bertz CT molecular complexity index is 831. The average Bonchev–Trinajstić information content (AvgIpc) is 3.41. The van der Waals surface area contributed by atoms with Crippen LogP contribution in [-0.4, -0.2) is 56.1 Å². The van der Waals surface area contributed by atoms with Gasteiger partial charge in [-0.25, -0.2) is 22.3 Å². The summed E-state index contributed by atoms with van der Waals surface area (Å²) in [4.78, 5) is 13.0. The number of ether oxygens (including phenoxy) is 1. The molecule has 8 nitrogen and oxygen atoms in total. The monoisotopic (exact) mass is 429 g/mol. The number of aliphatic hydroxyl groups excluding tert-OH is 1. The lowest BCUT2D eigenvalue weighted by Crippen LogP contribution is -2.31. The highest BCUT2D eigenvalue weighted by Crippen LogP contribution is 2.31. The van der Waals surface area contributed by atoms with Crippen LogP contribution in [0.25, 0.3) is 0 Å². The predicted molar refractivity (Wildman–Crippen MR) is 105 cm³/mol. The molecule has 2 fully saturated rings. The van der Waals surface area contributed by atoms with E-state index in [0.717, 1.165) is 12.8 Å². The number of rotatable bonds is 11. The second-order valence-electron chi connectivity index (χ2n) is 7.72. The van der Waals surface area contributed by atoms with Gasteiger partial charge in [-0.2, -0.15) is 0 Å². The Kier molecular flexibility index (Phi) is 6.97. The first-order valence-electron chi connectivity index (χ1n) is 9.89. The van der Waals surface area contributed by atoms with Gasteiger partial charge in [-0.3, -0.25) is 0 Å². The highest BCUT2D eigenvalue weighted by Gasteiger charge is 2.26. The highest BCUT2D eigenvalue weighted by molar-refractivity contribution is 7.89. The second kappa shape index (κ2) is 9.27. The van der Waals surface area contributed by atoms with E-state index in [1.54, 1.807) is 19.1 Å². The van der Waals surface area contributed by atoms with Crippen molar-refractivity contribution < 1.29 is 27.4 Å². The zero-order chi connectivity index (χ0) is 21.0. The van der Waals surface area contributed by atoms with Crippen LogP contribution in [0.2, 0.25) is 0 Å². The minimum absolute atomic E-state index is 0.0818. The van der Waals surface area contributed by atoms with Crippen LogP contribution in [0.15, 0.2) is 18.2 Å². The molecule has 1 saturated heterocycles. The molecule has 1 aromatic rings. The summed E-state index contributed by atoms with van der Waals surface area (Å²) in [6, 6.07) is 3.51. The third-order valence-corrected chi connectivity index (χ3v) is 6.58. The fraction of sp³-hybridized carbons (Fsp3) is 0.632. The Labute approximate surface area is 170 Å².